The molecule has 0 atom stereocenters. The van der Waals surface area contributed by atoms with Crippen molar-refractivity contribution in [2.75, 3.05) is 29.2 Å². The minimum atomic E-state index is -3.94. The first-order valence-corrected chi connectivity index (χ1v) is 7.76. The van der Waals surface area contributed by atoms with Gasteiger partial charge in [0.05, 0.1) is 18.0 Å². The van der Waals surface area contributed by atoms with Crippen LogP contribution < -0.4 is 11.1 Å². The summed E-state index contributed by atoms with van der Waals surface area (Å²) < 4.78 is 40.5. The van der Waals surface area contributed by atoms with E-state index in [0.29, 0.717) is 0 Å². The zero-order chi connectivity index (χ0) is 16.0. The van der Waals surface area contributed by atoms with Crippen molar-refractivity contribution in [2.24, 2.45) is 0 Å². The average molecular weight is 318 g/mol. The third-order valence-corrected chi connectivity index (χ3v) is 3.66. The van der Waals surface area contributed by atoms with Crippen molar-refractivity contribution in [3.8, 4) is 0 Å². The Morgan fingerprint density at radius 1 is 1.33 bits per heavy atom. The Balaban J connectivity index is 2.66. The van der Waals surface area contributed by atoms with Crippen molar-refractivity contribution >= 4 is 33.1 Å². The Bertz CT molecular complexity index is 645. The van der Waals surface area contributed by atoms with E-state index in [1.807, 2.05) is 0 Å². The molecular weight excluding hydrogens is 303 g/mol. The van der Waals surface area contributed by atoms with Crippen LogP contribution in [0.4, 0.5) is 15.8 Å². The second kappa shape index (κ2) is 7.02. The monoisotopic (exact) mass is 318 g/mol. The fraction of sp³-hybridized carbons (Fsp3) is 0.333. The van der Waals surface area contributed by atoms with Crippen LogP contribution in [0.3, 0.4) is 0 Å². The summed E-state index contributed by atoms with van der Waals surface area (Å²) in [6.07, 6.45) is 0. The minimum Gasteiger partial charge on any atom is -0.465 e. The fourth-order valence-corrected chi connectivity index (χ4v) is 2.48. The molecule has 7 nitrogen and oxygen atoms in total. The highest BCUT2D eigenvalue weighted by Crippen LogP contribution is 2.18. The van der Waals surface area contributed by atoms with E-state index in [1.54, 1.807) is 0 Å². The molecule has 9 heteroatoms. The maximum absolute atomic E-state index is 12.8. The molecule has 1 aromatic rings. The number of carbonyl (C=O) groups excluding carboxylic acids is 2. The smallest absolute Gasteiger partial charge is 0.321 e. The highest BCUT2D eigenvalue weighted by atomic mass is 32.2. The Morgan fingerprint density at radius 2 is 2.00 bits per heavy atom. The zero-order valence-electron chi connectivity index (χ0n) is 11.3. The molecule has 0 fully saturated rings. The van der Waals surface area contributed by atoms with Crippen LogP contribution in [-0.4, -0.2) is 38.4 Å². The summed E-state index contributed by atoms with van der Waals surface area (Å²) in [6, 6.07) is 3.27. The van der Waals surface area contributed by atoms with Gasteiger partial charge in [0.1, 0.15) is 17.3 Å². The Hall–Kier alpha value is -2.16. The Morgan fingerprint density at radius 3 is 2.57 bits per heavy atom. The lowest BCUT2D eigenvalue weighted by Gasteiger charge is -2.08. The quantitative estimate of drug-likeness (QED) is 0.576. The number of sulfone groups is 1. The van der Waals surface area contributed by atoms with Crippen molar-refractivity contribution in [1.82, 2.24) is 0 Å². The van der Waals surface area contributed by atoms with Gasteiger partial charge in [-0.25, -0.2) is 12.8 Å². The number of halogens is 1. The number of benzene rings is 1. The molecule has 0 spiro atoms. The fourth-order valence-electron chi connectivity index (χ4n) is 1.47. The van der Waals surface area contributed by atoms with Crippen LogP contribution in [0, 0.1) is 5.82 Å². The summed E-state index contributed by atoms with van der Waals surface area (Å²) in [5.41, 5.74) is 5.53. The number of rotatable bonds is 6. The number of hydrogen-bond acceptors (Lipinski definition) is 6. The minimum absolute atomic E-state index is 0.0360. The van der Waals surface area contributed by atoms with Gasteiger partial charge in [-0.15, -0.1) is 0 Å². The largest absolute Gasteiger partial charge is 0.465 e. The summed E-state index contributed by atoms with van der Waals surface area (Å²) in [6.45, 7) is 1.58. The first-order chi connectivity index (χ1) is 9.73. The second-order valence-corrected chi connectivity index (χ2v) is 6.18. The van der Waals surface area contributed by atoms with Gasteiger partial charge in [-0.05, 0) is 25.1 Å². The molecule has 3 N–H and O–H groups in total. The lowest BCUT2D eigenvalue weighted by molar-refractivity contribution is -0.139. The van der Waals surface area contributed by atoms with E-state index in [9.17, 15) is 22.4 Å². The van der Waals surface area contributed by atoms with Crippen LogP contribution in [0.5, 0.6) is 0 Å². The SMILES string of the molecule is CCOC(=O)CS(=O)(=O)CC(=O)Nc1ccc(F)cc1N. The van der Waals surface area contributed by atoms with Gasteiger partial charge in [0.2, 0.25) is 5.91 Å². The molecule has 0 aromatic heterocycles. The summed E-state index contributed by atoms with van der Waals surface area (Å²) in [5.74, 6) is -4.17. The molecular formula is C12H15FN2O5S. The number of hydrogen-bond donors (Lipinski definition) is 2. The summed E-state index contributed by atoms with van der Waals surface area (Å²) in [4.78, 5) is 22.7. The van der Waals surface area contributed by atoms with Gasteiger partial charge < -0.3 is 15.8 Å². The van der Waals surface area contributed by atoms with Crippen LogP contribution in [0.1, 0.15) is 6.92 Å². The van der Waals surface area contributed by atoms with Crippen LogP contribution in [0.2, 0.25) is 0 Å². The maximum atomic E-state index is 12.8. The van der Waals surface area contributed by atoms with E-state index in [1.165, 1.54) is 13.0 Å². The van der Waals surface area contributed by atoms with Crippen molar-refractivity contribution < 1.29 is 27.1 Å². The Kier molecular flexibility index (Phi) is 5.65. The van der Waals surface area contributed by atoms with Crippen molar-refractivity contribution in [2.45, 2.75) is 6.92 Å². The lowest BCUT2D eigenvalue weighted by Crippen LogP contribution is -2.28. The van der Waals surface area contributed by atoms with Crippen molar-refractivity contribution in [3.63, 3.8) is 0 Å². The number of nitrogens with two attached hydrogens (primary N) is 1. The van der Waals surface area contributed by atoms with Crippen LogP contribution >= 0.6 is 0 Å². The number of carbonyl (C=O) groups is 2. The van der Waals surface area contributed by atoms with Crippen molar-refractivity contribution in [3.05, 3.63) is 24.0 Å². The summed E-state index contributed by atoms with van der Waals surface area (Å²) in [7, 11) is -3.94. The van der Waals surface area contributed by atoms with Crippen LogP contribution in [0.15, 0.2) is 18.2 Å². The van der Waals surface area contributed by atoms with Gasteiger partial charge >= 0.3 is 5.97 Å². The predicted molar refractivity (Wildman–Crippen MR) is 74.7 cm³/mol. The zero-order valence-corrected chi connectivity index (χ0v) is 12.1. The predicted octanol–water partition coefficient (Wildman–Crippen LogP) is 0.324. The second-order valence-electron chi connectivity index (χ2n) is 4.12. The van der Waals surface area contributed by atoms with E-state index in [-0.39, 0.29) is 18.0 Å². The van der Waals surface area contributed by atoms with Gasteiger partial charge in [0.15, 0.2) is 9.84 Å². The van der Waals surface area contributed by atoms with Gasteiger partial charge in [-0.1, -0.05) is 0 Å². The Labute approximate surface area is 121 Å². The van der Waals surface area contributed by atoms with Crippen LogP contribution in [-0.2, 0) is 24.2 Å². The molecule has 0 bridgehead atoms. The topological polar surface area (TPSA) is 116 Å². The number of nitrogen functional groups attached to an aromatic ring is 1. The normalized spacial score (nSPS) is 11.0. The van der Waals surface area contributed by atoms with E-state index >= 15 is 0 Å². The molecule has 21 heavy (non-hydrogen) atoms. The van der Waals surface area contributed by atoms with Crippen LogP contribution in [0.25, 0.3) is 0 Å². The highest BCUT2D eigenvalue weighted by molar-refractivity contribution is 7.92. The summed E-state index contributed by atoms with van der Waals surface area (Å²) >= 11 is 0. The molecule has 0 aliphatic heterocycles. The first-order valence-electron chi connectivity index (χ1n) is 5.94. The number of nitrogens with one attached hydrogen (secondary N) is 1. The highest BCUT2D eigenvalue weighted by Gasteiger charge is 2.22. The lowest BCUT2D eigenvalue weighted by atomic mass is 10.2. The molecule has 0 aliphatic carbocycles. The molecule has 0 unspecified atom stereocenters. The molecule has 1 amide bonds. The maximum Gasteiger partial charge on any atom is 0.321 e. The van der Waals surface area contributed by atoms with Crippen molar-refractivity contribution in [1.29, 1.82) is 0 Å². The van der Waals surface area contributed by atoms with Gasteiger partial charge in [-0.2, -0.15) is 0 Å². The molecule has 1 rings (SSSR count). The molecule has 0 aliphatic rings. The average Bonchev–Trinajstić information content (AvgIpc) is 2.31. The van der Waals surface area contributed by atoms with E-state index in [4.69, 9.17) is 5.73 Å². The van der Waals surface area contributed by atoms with E-state index in [0.717, 1.165) is 12.1 Å². The number of amides is 1. The number of esters is 1. The van der Waals surface area contributed by atoms with E-state index < -0.39 is 39.0 Å². The molecule has 0 heterocycles. The van der Waals surface area contributed by atoms with Gasteiger partial charge in [0, 0.05) is 0 Å². The molecule has 0 saturated carbocycles. The van der Waals surface area contributed by atoms with E-state index in [2.05, 4.69) is 10.1 Å². The molecule has 116 valence electrons. The standard InChI is InChI=1S/C12H15FN2O5S/c1-2-20-12(17)7-21(18,19)6-11(16)15-10-4-3-8(13)5-9(10)14/h3-5H,2,6-7,14H2,1H3,(H,15,16). The number of ether oxygens (including phenoxy) is 1. The third-order valence-electron chi connectivity index (χ3n) is 2.28. The number of anilines is 2. The summed E-state index contributed by atoms with van der Waals surface area (Å²) in [5, 5.41) is 2.24. The van der Waals surface area contributed by atoms with Gasteiger partial charge in [-0.3, -0.25) is 9.59 Å². The first kappa shape index (κ1) is 16.9. The molecule has 0 saturated heterocycles. The third kappa shape index (κ3) is 5.78. The molecule has 1 aromatic carbocycles. The van der Waals surface area contributed by atoms with Gasteiger partial charge in [0.25, 0.3) is 0 Å². The molecule has 0 radical (unpaired) electrons.